The molecule has 0 unspecified atom stereocenters. The van der Waals surface area contributed by atoms with Crippen LogP contribution in [0.2, 0.25) is 0 Å². The molecule has 1 aliphatic heterocycles. The lowest BCUT2D eigenvalue weighted by atomic mass is 10.1. The first-order valence-electron chi connectivity index (χ1n) is 10.00. The molecule has 4 rings (SSSR count). The van der Waals surface area contributed by atoms with Gasteiger partial charge in [0.2, 0.25) is 21.8 Å². The van der Waals surface area contributed by atoms with Crippen molar-refractivity contribution in [2.24, 2.45) is 5.14 Å². The number of hydrogen-bond donors (Lipinski definition) is 2. The molecule has 1 fully saturated rings. The standard InChI is InChI=1S/C22H23N5O4S/c1-31-22-17(14-32(23,29)30)11-18(13-25-22)26-20-9-6-16(12-24-20)15-4-7-19(8-5-15)27-10-2-3-21(27)28/h4-9,11-13H,2-3,10,14H2,1H3,(H,24,26)(H2,23,29,30). The molecule has 0 bridgehead atoms. The summed E-state index contributed by atoms with van der Waals surface area (Å²) in [6.45, 7) is 0.763. The van der Waals surface area contributed by atoms with E-state index in [0.29, 0.717) is 23.5 Å². The number of primary sulfonamides is 1. The van der Waals surface area contributed by atoms with E-state index in [4.69, 9.17) is 9.88 Å². The van der Waals surface area contributed by atoms with Gasteiger partial charge in [-0.25, -0.2) is 23.5 Å². The quantitative estimate of drug-likeness (QED) is 0.563. The van der Waals surface area contributed by atoms with Crippen molar-refractivity contribution in [3.8, 4) is 17.0 Å². The minimum Gasteiger partial charge on any atom is -0.481 e. The second-order valence-electron chi connectivity index (χ2n) is 7.45. The Morgan fingerprint density at radius 3 is 2.44 bits per heavy atom. The topological polar surface area (TPSA) is 128 Å². The van der Waals surface area contributed by atoms with Crippen LogP contribution in [0.25, 0.3) is 11.1 Å². The van der Waals surface area contributed by atoms with Gasteiger partial charge in [-0.05, 0) is 42.3 Å². The molecule has 0 radical (unpaired) electrons. The van der Waals surface area contributed by atoms with Gasteiger partial charge < -0.3 is 15.0 Å². The molecular formula is C22H23N5O4S. The predicted octanol–water partition coefficient (Wildman–Crippen LogP) is 2.81. The molecule has 0 saturated carbocycles. The molecule has 0 atom stereocenters. The Morgan fingerprint density at radius 2 is 1.84 bits per heavy atom. The Bertz CT molecular complexity index is 1230. The summed E-state index contributed by atoms with van der Waals surface area (Å²) in [6, 6.07) is 13.2. The van der Waals surface area contributed by atoms with Crippen LogP contribution in [0.3, 0.4) is 0 Å². The molecule has 2 aromatic heterocycles. The maximum absolute atomic E-state index is 11.9. The highest BCUT2D eigenvalue weighted by molar-refractivity contribution is 7.88. The second kappa shape index (κ2) is 8.93. The molecule has 166 valence electrons. The number of nitrogens with two attached hydrogens (primary N) is 1. The lowest BCUT2D eigenvalue weighted by molar-refractivity contribution is -0.117. The van der Waals surface area contributed by atoms with Crippen LogP contribution in [-0.4, -0.2) is 37.9 Å². The van der Waals surface area contributed by atoms with Gasteiger partial charge in [0.1, 0.15) is 5.82 Å². The zero-order valence-corrected chi connectivity index (χ0v) is 18.3. The molecule has 1 amide bonds. The summed E-state index contributed by atoms with van der Waals surface area (Å²) in [5, 5.41) is 8.26. The molecule has 1 saturated heterocycles. The molecule has 3 aromatic rings. The lowest BCUT2D eigenvalue weighted by Crippen LogP contribution is -2.23. The smallest absolute Gasteiger partial charge is 0.227 e. The Hall–Kier alpha value is -3.50. The SMILES string of the molecule is COc1ncc(Nc2ccc(-c3ccc(N4CCCC4=O)cc3)cn2)cc1CS(N)(=O)=O. The van der Waals surface area contributed by atoms with E-state index in [1.54, 1.807) is 12.3 Å². The minimum atomic E-state index is -3.73. The van der Waals surface area contributed by atoms with Crippen molar-refractivity contribution in [3.05, 3.63) is 60.4 Å². The van der Waals surface area contributed by atoms with Gasteiger partial charge in [-0.15, -0.1) is 0 Å². The van der Waals surface area contributed by atoms with E-state index in [1.165, 1.54) is 13.3 Å². The molecular weight excluding hydrogens is 430 g/mol. The fourth-order valence-electron chi connectivity index (χ4n) is 3.61. The number of carbonyl (C=O) groups is 1. The summed E-state index contributed by atoms with van der Waals surface area (Å²) in [5.74, 6) is 0.549. The number of rotatable bonds is 7. The van der Waals surface area contributed by atoms with Gasteiger partial charge >= 0.3 is 0 Å². The number of sulfonamides is 1. The highest BCUT2D eigenvalue weighted by Gasteiger charge is 2.21. The first-order valence-corrected chi connectivity index (χ1v) is 11.7. The van der Waals surface area contributed by atoms with E-state index in [1.807, 2.05) is 41.3 Å². The Kier molecular flexibility index (Phi) is 6.06. The number of nitrogens with zero attached hydrogens (tertiary/aromatic N) is 3. The number of anilines is 3. The van der Waals surface area contributed by atoms with E-state index in [-0.39, 0.29) is 17.5 Å². The minimum absolute atomic E-state index is 0.162. The zero-order valence-electron chi connectivity index (χ0n) is 17.5. The van der Waals surface area contributed by atoms with Gasteiger partial charge in [0, 0.05) is 36.0 Å². The van der Waals surface area contributed by atoms with E-state index < -0.39 is 10.0 Å². The summed E-state index contributed by atoms with van der Waals surface area (Å²) in [7, 11) is -2.32. The van der Waals surface area contributed by atoms with Gasteiger partial charge in [0.15, 0.2) is 0 Å². The summed E-state index contributed by atoms with van der Waals surface area (Å²) < 4.78 is 28.0. The van der Waals surface area contributed by atoms with Crippen molar-refractivity contribution in [2.45, 2.75) is 18.6 Å². The van der Waals surface area contributed by atoms with Crippen LogP contribution in [0.15, 0.2) is 54.9 Å². The maximum Gasteiger partial charge on any atom is 0.227 e. The molecule has 10 heteroatoms. The first-order chi connectivity index (χ1) is 15.3. The highest BCUT2D eigenvalue weighted by atomic mass is 32.2. The van der Waals surface area contributed by atoms with Gasteiger partial charge in [-0.2, -0.15) is 0 Å². The van der Waals surface area contributed by atoms with Crippen LogP contribution in [0.4, 0.5) is 17.2 Å². The molecule has 3 N–H and O–H groups in total. The van der Waals surface area contributed by atoms with E-state index >= 15 is 0 Å². The maximum atomic E-state index is 11.9. The first kappa shape index (κ1) is 21.7. The lowest BCUT2D eigenvalue weighted by Gasteiger charge is -2.16. The third kappa shape index (κ3) is 5.04. The summed E-state index contributed by atoms with van der Waals surface area (Å²) in [4.78, 5) is 22.3. The second-order valence-corrected chi connectivity index (χ2v) is 9.07. The van der Waals surface area contributed by atoms with Crippen LogP contribution in [0, 0.1) is 0 Å². The fourth-order valence-corrected chi connectivity index (χ4v) is 4.25. The third-order valence-electron chi connectivity index (χ3n) is 5.10. The molecule has 3 heterocycles. The Labute approximate surface area is 186 Å². The zero-order chi connectivity index (χ0) is 22.7. The number of pyridine rings is 2. The van der Waals surface area contributed by atoms with Gasteiger partial charge in [0.05, 0.1) is 24.7 Å². The van der Waals surface area contributed by atoms with Crippen molar-refractivity contribution < 1.29 is 17.9 Å². The number of carbonyl (C=O) groups excluding carboxylic acids is 1. The van der Waals surface area contributed by atoms with Crippen LogP contribution in [-0.2, 0) is 20.6 Å². The van der Waals surface area contributed by atoms with Crippen LogP contribution in [0.1, 0.15) is 18.4 Å². The van der Waals surface area contributed by atoms with Gasteiger partial charge in [-0.1, -0.05) is 12.1 Å². The molecule has 32 heavy (non-hydrogen) atoms. The summed E-state index contributed by atoms with van der Waals surface area (Å²) >= 11 is 0. The molecule has 1 aliphatic rings. The number of aromatic nitrogens is 2. The van der Waals surface area contributed by atoms with Crippen molar-refractivity contribution in [1.29, 1.82) is 0 Å². The monoisotopic (exact) mass is 453 g/mol. The highest BCUT2D eigenvalue weighted by Crippen LogP contribution is 2.27. The van der Waals surface area contributed by atoms with Crippen LogP contribution >= 0.6 is 0 Å². The number of amides is 1. The molecule has 0 aliphatic carbocycles. The molecule has 1 aromatic carbocycles. The average Bonchev–Trinajstić information content (AvgIpc) is 3.19. The summed E-state index contributed by atoms with van der Waals surface area (Å²) in [6.07, 6.45) is 4.76. The number of nitrogens with one attached hydrogen (secondary N) is 1. The Balaban J connectivity index is 1.48. The number of ether oxygens (including phenoxy) is 1. The van der Waals surface area contributed by atoms with Crippen molar-refractivity contribution in [1.82, 2.24) is 9.97 Å². The number of methoxy groups -OCH3 is 1. The van der Waals surface area contributed by atoms with E-state index in [9.17, 15) is 13.2 Å². The van der Waals surface area contributed by atoms with Gasteiger partial charge in [0.25, 0.3) is 0 Å². The summed E-state index contributed by atoms with van der Waals surface area (Å²) in [5.41, 5.74) is 3.74. The largest absolute Gasteiger partial charge is 0.481 e. The van der Waals surface area contributed by atoms with E-state index in [2.05, 4.69) is 15.3 Å². The van der Waals surface area contributed by atoms with Gasteiger partial charge in [-0.3, -0.25) is 4.79 Å². The predicted molar refractivity (Wildman–Crippen MR) is 122 cm³/mol. The normalized spacial score (nSPS) is 13.9. The Morgan fingerprint density at radius 1 is 1.09 bits per heavy atom. The van der Waals surface area contributed by atoms with Crippen LogP contribution < -0.4 is 20.1 Å². The van der Waals surface area contributed by atoms with Crippen molar-refractivity contribution >= 4 is 33.1 Å². The van der Waals surface area contributed by atoms with Crippen molar-refractivity contribution in [3.63, 3.8) is 0 Å². The number of hydrogen-bond acceptors (Lipinski definition) is 7. The van der Waals surface area contributed by atoms with Crippen molar-refractivity contribution in [2.75, 3.05) is 23.9 Å². The molecule has 9 nitrogen and oxygen atoms in total. The number of benzene rings is 1. The third-order valence-corrected chi connectivity index (χ3v) is 5.81. The average molecular weight is 454 g/mol. The fraction of sp³-hybridized carbons (Fsp3) is 0.227. The van der Waals surface area contributed by atoms with Crippen LogP contribution in [0.5, 0.6) is 5.88 Å². The molecule has 0 spiro atoms. The van der Waals surface area contributed by atoms with E-state index in [0.717, 1.165) is 29.8 Å².